The van der Waals surface area contributed by atoms with E-state index in [-0.39, 0.29) is 35.2 Å². The Hall–Kier alpha value is -2.78. The molecule has 2 aliphatic rings. The molecule has 2 heterocycles. The van der Waals surface area contributed by atoms with Crippen LogP contribution in [0.4, 0.5) is 0 Å². The van der Waals surface area contributed by atoms with E-state index in [2.05, 4.69) is 4.98 Å². The van der Waals surface area contributed by atoms with Crippen molar-refractivity contribution < 1.29 is 17.9 Å². The Morgan fingerprint density at radius 1 is 1.12 bits per heavy atom. The van der Waals surface area contributed by atoms with Crippen LogP contribution in [-0.4, -0.2) is 65.2 Å². The first-order chi connectivity index (χ1) is 16.4. The fourth-order valence-electron chi connectivity index (χ4n) is 4.50. The molecular weight excluding hydrogens is 470 g/mol. The predicted molar refractivity (Wildman–Crippen MR) is 133 cm³/mol. The largest absolute Gasteiger partial charge is 0.497 e. The van der Waals surface area contributed by atoms with E-state index in [1.807, 2.05) is 70.3 Å². The van der Waals surface area contributed by atoms with E-state index in [9.17, 15) is 13.2 Å². The number of sulfone groups is 1. The highest BCUT2D eigenvalue weighted by Gasteiger charge is 2.42. The molecule has 0 bridgehead atoms. The van der Waals surface area contributed by atoms with E-state index in [1.54, 1.807) is 7.11 Å². The van der Waals surface area contributed by atoms with E-state index in [1.165, 1.54) is 11.8 Å². The second-order valence-corrected chi connectivity index (χ2v) is 11.9. The smallest absolute Gasteiger partial charge is 0.233 e. The summed E-state index contributed by atoms with van der Waals surface area (Å²) >= 11 is 1.38. The number of thioether (sulfide) groups is 1. The molecule has 0 unspecified atom stereocenters. The average Bonchev–Trinajstić information content (AvgIpc) is 3.48. The summed E-state index contributed by atoms with van der Waals surface area (Å²) in [4.78, 5) is 19.8. The molecule has 9 heteroatoms. The first kappa shape index (κ1) is 23.0. The van der Waals surface area contributed by atoms with Crippen LogP contribution in [0.2, 0.25) is 0 Å². The van der Waals surface area contributed by atoms with Crippen LogP contribution >= 0.6 is 11.8 Å². The van der Waals surface area contributed by atoms with E-state index < -0.39 is 9.84 Å². The van der Waals surface area contributed by atoms with Crippen LogP contribution in [-0.2, 0) is 14.6 Å². The molecule has 1 aromatic heterocycles. The van der Waals surface area contributed by atoms with Gasteiger partial charge in [-0.05, 0) is 31.4 Å². The number of amides is 1. The zero-order valence-corrected chi connectivity index (χ0v) is 20.6. The van der Waals surface area contributed by atoms with Crippen molar-refractivity contribution in [3.8, 4) is 22.7 Å². The number of carbonyl (C=O) groups excluding carboxylic acids is 1. The lowest BCUT2D eigenvalue weighted by Crippen LogP contribution is -2.43. The molecule has 2 aromatic carbocycles. The second-order valence-electron chi connectivity index (χ2n) is 8.71. The highest BCUT2D eigenvalue weighted by molar-refractivity contribution is 7.99. The number of benzene rings is 2. The van der Waals surface area contributed by atoms with Gasteiger partial charge in [0.15, 0.2) is 15.0 Å². The highest BCUT2D eigenvalue weighted by Crippen LogP contribution is 2.35. The van der Waals surface area contributed by atoms with Gasteiger partial charge in [-0.3, -0.25) is 9.36 Å². The summed E-state index contributed by atoms with van der Waals surface area (Å²) in [6, 6.07) is 17.7. The molecule has 7 nitrogen and oxygen atoms in total. The van der Waals surface area contributed by atoms with Crippen LogP contribution in [0.5, 0.6) is 5.75 Å². The molecule has 1 amide bonds. The molecule has 5 rings (SSSR count). The second kappa shape index (κ2) is 9.46. The third kappa shape index (κ3) is 4.86. The third-order valence-electron chi connectivity index (χ3n) is 6.27. The van der Waals surface area contributed by atoms with Crippen LogP contribution in [0, 0.1) is 0 Å². The summed E-state index contributed by atoms with van der Waals surface area (Å²) < 4.78 is 31.5. The molecule has 3 aromatic rings. The Morgan fingerprint density at radius 2 is 1.91 bits per heavy atom. The maximum Gasteiger partial charge on any atom is 0.233 e. The number of hydrogen-bond acceptors (Lipinski definition) is 6. The maximum absolute atomic E-state index is 13.3. The van der Waals surface area contributed by atoms with Gasteiger partial charge in [-0.25, -0.2) is 13.4 Å². The lowest BCUT2D eigenvalue weighted by molar-refractivity contribution is -0.130. The van der Waals surface area contributed by atoms with E-state index >= 15 is 0 Å². The maximum atomic E-state index is 13.3. The molecule has 0 N–H and O–H groups in total. The molecule has 0 spiro atoms. The van der Waals surface area contributed by atoms with Gasteiger partial charge in [-0.2, -0.15) is 0 Å². The first-order valence-electron chi connectivity index (χ1n) is 11.4. The molecule has 1 aliphatic heterocycles. The summed E-state index contributed by atoms with van der Waals surface area (Å²) in [6.45, 7) is 0. The molecule has 2 fully saturated rings. The monoisotopic (exact) mass is 497 g/mol. The van der Waals surface area contributed by atoms with Crippen molar-refractivity contribution in [1.82, 2.24) is 14.5 Å². The predicted octanol–water partition coefficient (Wildman–Crippen LogP) is 3.82. The molecule has 178 valence electrons. The third-order valence-corrected chi connectivity index (χ3v) is 8.95. The normalized spacial score (nSPS) is 19.1. The lowest BCUT2D eigenvalue weighted by atomic mass is 10.1. The molecule has 34 heavy (non-hydrogen) atoms. The standard InChI is InChI=1S/C25H27N3O4S2/c1-32-22-9-5-8-20(14-22)28-23(18-6-3-2-4-7-18)15-26-25(28)33-16-24(29)27(19-10-11-19)21-12-13-34(30,31)17-21/h2-9,14-15,19,21H,10-13,16-17H2,1H3/t21-/m0/s1. The van der Waals surface area contributed by atoms with Crippen molar-refractivity contribution in [2.24, 2.45) is 0 Å². The molecular formula is C25H27N3O4S2. The van der Waals surface area contributed by atoms with Gasteiger partial charge in [-0.1, -0.05) is 48.2 Å². The first-order valence-corrected chi connectivity index (χ1v) is 14.2. The van der Waals surface area contributed by atoms with Crippen LogP contribution < -0.4 is 4.74 Å². The number of imidazole rings is 1. The number of hydrogen-bond donors (Lipinski definition) is 0. The zero-order chi connectivity index (χ0) is 23.7. The molecule has 1 aliphatic carbocycles. The van der Waals surface area contributed by atoms with Crippen LogP contribution in [0.25, 0.3) is 16.9 Å². The van der Waals surface area contributed by atoms with Crippen molar-refractivity contribution in [2.45, 2.75) is 36.5 Å². The summed E-state index contributed by atoms with van der Waals surface area (Å²) in [5, 5.41) is 0.704. The molecule has 0 radical (unpaired) electrons. The van der Waals surface area contributed by atoms with Crippen molar-refractivity contribution in [2.75, 3.05) is 24.4 Å². The van der Waals surface area contributed by atoms with E-state index in [0.29, 0.717) is 11.6 Å². The number of rotatable bonds is 8. The van der Waals surface area contributed by atoms with Crippen molar-refractivity contribution in [3.63, 3.8) is 0 Å². The van der Waals surface area contributed by atoms with Gasteiger partial charge in [0.05, 0.1) is 41.9 Å². The van der Waals surface area contributed by atoms with Gasteiger partial charge in [-0.15, -0.1) is 0 Å². The topological polar surface area (TPSA) is 81.5 Å². The SMILES string of the molecule is COc1cccc(-n2c(-c3ccccc3)cnc2SCC(=O)N(C2CC2)[C@H]2CCS(=O)(=O)C2)c1. The van der Waals surface area contributed by atoms with Gasteiger partial charge in [0, 0.05) is 23.7 Å². The van der Waals surface area contributed by atoms with Crippen molar-refractivity contribution in [3.05, 3.63) is 60.8 Å². The number of aromatic nitrogens is 2. The summed E-state index contributed by atoms with van der Waals surface area (Å²) in [6.07, 6.45) is 4.25. The molecule has 1 atom stereocenters. The van der Waals surface area contributed by atoms with Crippen molar-refractivity contribution >= 4 is 27.5 Å². The summed E-state index contributed by atoms with van der Waals surface area (Å²) in [5.74, 6) is 1.18. The minimum Gasteiger partial charge on any atom is -0.497 e. The summed E-state index contributed by atoms with van der Waals surface area (Å²) in [5.41, 5.74) is 2.84. The van der Waals surface area contributed by atoms with Gasteiger partial charge in [0.2, 0.25) is 5.91 Å². The van der Waals surface area contributed by atoms with Gasteiger partial charge >= 0.3 is 0 Å². The van der Waals surface area contributed by atoms with Gasteiger partial charge in [0.25, 0.3) is 0 Å². The summed E-state index contributed by atoms with van der Waals surface area (Å²) in [7, 11) is -1.42. The Morgan fingerprint density at radius 3 is 2.59 bits per heavy atom. The van der Waals surface area contributed by atoms with E-state index in [0.717, 1.165) is 35.5 Å². The van der Waals surface area contributed by atoms with Gasteiger partial charge in [0.1, 0.15) is 5.75 Å². The Bertz CT molecular complexity index is 1290. The minimum absolute atomic E-state index is 0.0175. The number of ether oxygens (including phenoxy) is 1. The quantitative estimate of drug-likeness (QED) is 0.440. The van der Waals surface area contributed by atoms with Crippen molar-refractivity contribution in [1.29, 1.82) is 0 Å². The minimum atomic E-state index is -3.05. The lowest BCUT2D eigenvalue weighted by Gasteiger charge is -2.28. The van der Waals surface area contributed by atoms with Crippen LogP contribution in [0.15, 0.2) is 66.0 Å². The van der Waals surface area contributed by atoms with E-state index in [4.69, 9.17) is 4.74 Å². The highest BCUT2D eigenvalue weighted by atomic mass is 32.2. The van der Waals surface area contributed by atoms with Gasteiger partial charge < -0.3 is 9.64 Å². The Balaban J connectivity index is 1.42. The average molecular weight is 498 g/mol. The van der Waals surface area contributed by atoms with Crippen LogP contribution in [0.1, 0.15) is 19.3 Å². The Labute approximate surface area is 204 Å². The fourth-order valence-corrected chi connectivity index (χ4v) is 7.08. The Kier molecular flexibility index (Phi) is 6.40. The molecule has 1 saturated carbocycles. The number of methoxy groups -OCH3 is 1. The van der Waals surface area contributed by atoms with Crippen LogP contribution in [0.3, 0.4) is 0 Å². The zero-order valence-electron chi connectivity index (χ0n) is 19.0. The fraction of sp³-hybridized carbons (Fsp3) is 0.360. The molecule has 1 saturated heterocycles. The number of carbonyl (C=O) groups is 1. The number of nitrogens with zero attached hydrogens (tertiary/aromatic N) is 3.